The molecule has 0 bridgehead atoms. The molecule has 22 heavy (non-hydrogen) atoms. The lowest BCUT2D eigenvalue weighted by Crippen LogP contribution is -2.40. The molecule has 0 radical (unpaired) electrons. The van der Waals surface area contributed by atoms with Crippen LogP contribution >= 0.6 is 0 Å². The number of fused-ring (bicyclic) bond motifs is 1. The van der Waals surface area contributed by atoms with Gasteiger partial charge in [-0.2, -0.15) is 0 Å². The van der Waals surface area contributed by atoms with Crippen molar-refractivity contribution in [2.45, 2.75) is 38.6 Å². The summed E-state index contributed by atoms with van der Waals surface area (Å²) in [5.74, 6) is 0.514. The molecule has 0 saturated heterocycles. The first-order chi connectivity index (χ1) is 10.7. The molecule has 0 aliphatic heterocycles. The molecule has 4 heteroatoms. The summed E-state index contributed by atoms with van der Waals surface area (Å²) >= 11 is 0. The average Bonchev–Trinajstić information content (AvgIpc) is 2.55. The van der Waals surface area contributed by atoms with Crippen LogP contribution in [0.4, 0.5) is 0 Å². The van der Waals surface area contributed by atoms with Crippen LogP contribution in [0.5, 0.6) is 0 Å². The van der Waals surface area contributed by atoms with Gasteiger partial charge in [0.1, 0.15) is 0 Å². The predicted molar refractivity (Wildman–Crippen MR) is 88.1 cm³/mol. The van der Waals surface area contributed by atoms with Crippen molar-refractivity contribution in [3.8, 4) is 0 Å². The van der Waals surface area contributed by atoms with Crippen molar-refractivity contribution in [2.24, 2.45) is 5.92 Å². The second kappa shape index (κ2) is 6.69. The zero-order chi connectivity index (χ0) is 15.4. The third-order valence-corrected chi connectivity index (χ3v) is 4.31. The summed E-state index contributed by atoms with van der Waals surface area (Å²) < 4.78 is 0. The highest BCUT2D eigenvalue weighted by molar-refractivity contribution is 5.91. The number of benzene rings is 1. The Morgan fingerprint density at radius 1 is 1.23 bits per heavy atom. The Kier molecular flexibility index (Phi) is 4.47. The average molecular weight is 295 g/mol. The van der Waals surface area contributed by atoms with Crippen LogP contribution in [-0.4, -0.2) is 21.9 Å². The van der Waals surface area contributed by atoms with Crippen LogP contribution in [0, 0.1) is 5.92 Å². The second-order valence-corrected chi connectivity index (χ2v) is 5.99. The summed E-state index contributed by atoms with van der Waals surface area (Å²) in [6.45, 7) is 2.21. The van der Waals surface area contributed by atoms with E-state index < -0.39 is 0 Å². The van der Waals surface area contributed by atoms with Gasteiger partial charge >= 0.3 is 0 Å². The smallest absolute Gasteiger partial charge is 0.244 e. The third-order valence-electron chi connectivity index (χ3n) is 4.31. The van der Waals surface area contributed by atoms with E-state index in [-0.39, 0.29) is 5.91 Å². The molecule has 114 valence electrons. The summed E-state index contributed by atoms with van der Waals surface area (Å²) in [7, 11) is 0. The van der Waals surface area contributed by atoms with Crippen molar-refractivity contribution in [1.82, 2.24) is 15.3 Å². The second-order valence-electron chi connectivity index (χ2n) is 5.99. The first-order valence-electron chi connectivity index (χ1n) is 7.93. The number of carbonyl (C=O) groups excluding carboxylic acids is 1. The van der Waals surface area contributed by atoms with E-state index >= 15 is 0 Å². The van der Waals surface area contributed by atoms with Crippen molar-refractivity contribution < 1.29 is 4.79 Å². The fraction of sp³-hybridized carbons (Fsp3) is 0.389. The van der Waals surface area contributed by atoms with Crippen molar-refractivity contribution in [3.05, 3.63) is 42.2 Å². The van der Waals surface area contributed by atoms with Crippen molar-refractivity contribution >= 4 is 23.0 Å². The maximum Gasteiger partial charge on any atom is 0.244 e. The van der Waals surface area contributed by atoms with E-state index in [1.54, 1.807) is 18.3 Å². The number of rotatable bonds is 3. The number of hydrogen-bond donors (Lipinski definition) is 1. The fourth-order valence-corrected chi connectivity index (χ4v) is 2.97. The van der Waals surface area contributed by atoms with E-state index in [0.717, 1.165) is 17.5 Å². The van der Waals surface area contributed by atoms with E-state index in [1.165, 1.54) is 19.3 Å². The van der Waals surface area contributed by atoms with E-state index in [4.69, 9.17) is 0 Å². The predicted octanol–water partition coefficient (Wildman–Crippen LogP) is 3.34. The van der Waals surface area contributed by atoms with E-state index in [1.807, 2.05) is 24.3 Å². The molecule has 1 aromatic heterocycles. The molecule has 1 N–H and O–H groups in total. The van der Waals surface area contributed by atoms with Crippen molar-refractivity contribution in [1.29, 1.82) is 0 Å². The molecule has 4 nitrogen and oxygen atoms in total. The van der Waals surface area contributed by atoms with Gasteiger partial charge in [-0.25, -0.2) is 4.98 Å². The molecule has 1 aromatic carbocycles. The molecular weight excluding hydrogens is 274 g/mol. The number of hydrogen-bond acceptors (Lipinski definition) is 3. The quantitative estimate of drug-likeness (QED) is 0.884. The monoisotopic (exact) mass is 295 g/mol. The molecule has 1 saturated carbocycles. The first kappa shape index (κ1) is 14.7. The van der Waals surface area contributed by atoms with Crippen LogP contribution < -0.4 is 5.32 Å². The van der Waals surface area contributed by atoms with Gasteiger partial charge in [0.15, 0.2) is 0 Å². The molecule has 2 atom stereocenters. The lowest BCUT2D eigenvalue weighted by Gasteiger charge is -2.29. The number of aromatic nitrogens is 2. The molecule has 1 fully saturated rings. The van der Waals surface area contributed by atoms with Crippen LogP contribution in [0.3, 0.4) is 0 Å². The van der Waals surface area contributed by atoms with E-state index in [9.17, 15) is 4.79 Å². The zero-order valence-electron chi connectivity index (χ0n) is 12.8. The van der Waals surface area contributed by atoms with Crippen LogP contribution in [0.25, 0.3) is 17.1 Å². The SMILES string of the molecule is CC1CCCCC1NC(=O)/C=C/c1cnc2ccccc2n1. The summed E-state index contributed by atoms with van der Waals surface area (Å²) in [6.07, 6.45) is 9.73. The van der Waals surface area contributed by atoms with E-state index in [0.29, 0.717) is 17.7 Å². The van der Waals surface area contributed by atoms with Gasteiger partial charge in [-0.15, -0.1) is 0 Å². The summed E-state index contributed by atoms with van der Waals surface area (Å²) in [4.78, 5) is 20.9. The molecule has 1 aliphatic rings. The minimum atomic E-state index is -0.0475. The van der Waals surface area contributed by atoms with Crippen molar-refractivity contribution in [3.63, 3.8) is 0 Å². The van der Waals surface area contributed by atoms with E-state index in [2.05, 4.69) is 22.2 Å². The normalized spacial score (nSPS) is 22.0. The Labute approximate surface area is 130 Å². The van der Waals surface area contributed by atoms with Gasteiger partial charge in [-0.3, -0.25) is 9.78 Å². The Balaban J connectivity index is 1.65. The highest BCUT2D eigenvalue weighted by Gasteiger charge is 2.21. The molecule has 1 heterocycles. The van der Waals surface area contributed by atoms with Gasteiger partial charge in [0, 0.05) is 12.1 Å². The van der Waals surface area contributed by atoms with Gasteiger partial charge in [-0.05, 0) is 37.0 Å². The van der Waals surface area contributed by atoms with Crippen LogP contribution in [0.15, 0.2) is 36.5 Å². The molecule has 1 amide bonds. The number of nitrogens with one attached hydrogen (secondary N) is 1. The lowest BCUT2D eigenvalue weighted by atomic mass is 9.86. The van der Waals surface area contributed by atoms with Crippen LogP contribution in [-0.2, 0) is 4.79 Å². The highest BCUT2D eigenvalue weighted by atomic mass is 16.1. The minimum absolute atomic E-state index is 0.0475. The molecule has 1 aliphatic carbocycles. The molecule has 0 spiro atoms. The Bertz CT molecular complexity index is 696. The van der Waals surface area contributed by atoms with Crippen LogP contribution in [0.2, 0.25) is 0 Å². The highest BCUT2D eigenvalue weighted by Crippen LogP contribution is 2.23. The van der Waals surface area contributed by atoms with Crippen molar-refractivity contribution in [2.75, 3.05) is 0 Å². The Morgan fingerprint density at radius 3 is 2.82 bits per heavy atom. The number of para-hydroxylation sites is 2. The topological polar surface area (TPSA) is 54.9 Å². The van der Waals surface area contributed by atoms with Gasteiger partial charge in [-0.1, -0.05) is 31.9 Å². The largest absolute Gasteiger partial charge is 0.350 e. The van der Waals surface area contributed by atoms with Gasteiger partial charge in [0.25, 0.3) is 0 Å². The molecule has 3 rings (SSSR count). The number of nitrogens with zero attached hydrogens (tertiary/aromatic N) is 2. The van der Waals surface area contributed by atoms with Gasteiger partial charge in [0.2, 0.25) is 5.91 Å². The maximum atomic E-state index is 12.0. The Hall–Kier alpha value is -2.23. The van der Waals surface area contributed by atoms with Gasteiger partial charge < -0.3 is 5.32 Å². The number of amides is 1. The fourth-order valence-electron chi connectivity index (χ4n) is 2.97. The minimum Gasteiger partial charge on any atom is -0.350 e. The molecule has 2 aromatic rings. The lowest BCUT2D eigenvalue weighted by molar-refractivity contribution is -0.117. The number of carbonyl (C=O) groups is 1. The van der Waals surface area contributed by atoms with Gasteiger partial charge in [0.05, 0.1) is 22.9 Å². The summed E-state index contributed by atoms with van der Waals surface area (Å²) in [5, 5.41) is 3.10. The summed E-state index contributed by atoms with van der Waals surface area (Å²) in [6, 6.07) is 8.01. The standard InChI is InChI=1S/C18H21N3O/c1-13-6-2-3-7-15(13)21-18(22)11-10-14-12-19-16-8-4-5-9-17(16)20-14/h4-5,8-13,15H,2-3,6-7H2,1H3,(H,21,22)/b11-10+. The first-order valence-corrected chi connectivity index (χ1v) is 7.93. The molecule has 2 unspecified atom stereocenters. The summed E-state index contributed by atoms with van der Waals surface area (Å²) in [5.41, 5.74) is 2.40. The molecular formula is C18H21N3O. The Morgan fingerprint density at radius 2 is 2.00 bits per heavy atom. The maximum absolute atomic E-state index is 12.0. The zero-order valence-corrected chi connectivity index (χ0v) is 12.8. The third kappa shape index (κ3) is 3.50. The van der Waals surface area contributed by atoms with Crippen LogP contribution in [0.1, 0.15) is 38.3 Å².